The Balaban J connectivity index is 3.01. The summed E-state index contributed by atoms with van der Waals surface area (Å²) in [6.07, 6.45) is 1.49. The molecular weight excluding hydrogens is 124 g/mol. The van der Waals surface area contributed by atoms with Crippen molar-refractivity contribution in [3.05, 3.63) is 23.3 Å². The largest absolute Gasteiger partial charge is 0.294 e. The highest BCUT2D eigenvalue weighted by Crippen LogP contribution is 2.28. The molecule has 0 spiro atoms. The van der Waals surface area contributed by atoms with Crippen LogP contribution in [0.5, 0.6) is 0 Å². The Morgan fingerprint density at radius 2 is 2.20 bits per heavy atom. The van der Waals surface area contributed by atoms with Crippen LogP contribution in [0.1, 0.15) is 26.7 Å². The molecule has 0 unspecified atom stereocenters. The Kier molecular flexibility index (Phi) is 1.75. The van der Waals surface area contributed by atoms with Gasteiger partial charge in [-0.25, -0.2) is 0 Å². The van der Waals surface area contributed by atoms with Crippen molar-refractivity contribution in [2.24, 2.45) is 0 Å². The van der Waals surface area contributed by atoms with Crippen LogP contribution >= 0.6 is 0 Å². The Morgan fingerprint density at radius 3 is 2.40 bits per heavy atom. The van der Waals surface area contributed by atoms with Crippen LogP contribution in [0.4, 0.5) is 0 Å². The van der Waals surface area contributed by atoms with Crippen LogP contribution in [0.3, 0.4) is 0 Å². The molecule has 54 valence electrons. The summed E-state index contributed by atoms with van der Waals surface area (Å²) >= 11 is 0. The summed E-state index contributed by atoms with van der Waals surface area (Å²) in [6.45, 7) is 7.77. The lowest BCUT2D eigenvalue weighted by molar-refractivity contribution is -0.114. The standard InChI is InChI=1S/C9H12O/c1-4-8-6(2)5-9(10)7(8)3/h2,4-5H2,1,3H3. The van der Waals surface area contributed by atoms with Crippen LogP contribution in [0.2, 0.25) is 0 Å². The third-order valence-electron chi connectivity index (χ3n) is 2.03. The van der Waals surface area contributed by atoms with Gasteiger partial charge < -0.3 is 0 Å². The molecule has 0 N–H and O–H groups in total. The zero-order chi connectivity index (χ0) is 7.72. The van der Waals surface area contributed by atoms with E-state index in [1.54, 1.807) is 0 Å². The molecule has 0 aromatic carbocycles. The zero-order valence-corrected chi connectivity index (χ0v) is 6.53. The number of hydrogen-bond donors (Lipinski definition) is 0. The molecule has 0 atom stereocenters. The van der Waals surface area contributed by atoms with Crippen LogP contribution in [-0.4, -0.2) is 5.78 Å². The first-order valence-corrected chi connectivity index (χ1v) is 3.58. The maximum Gasteiger partial charge on any atom is 0.163 e. The SMILES string of the molecule is C=C1CC(=O)C(C)=C1CC. The molecule has 0 bridgehead atoms. The highest BCUT2D eigenvalue weighted by atomic mass is 16.1. The van der Waals surface area contributed by atoms with E-state index < -0.39 is 0 Å². The van der Waals surface area contributed by atoms with Gasteiger partial charge >= 0.3 is 0 Å². The van der Waals surface area contributed by atoms with Gasteiger partial charge in [0.2, 0.25) is 0 Å². The van der Waals surface area contributed by atoms with Crippen molar-refractivity contribution in [2.75, 3.05) is 0 Å². The van der Waals surface area contributed by atoms with E-state index in [4.69, 9.17) is 0 Å². The Morgan fingerprint density at radius 1 is 1.60 bits per heavy atom. The summed E-state index contributed by atoms with van der Waals surface area (Å²) in [5, 5.41) is 0. The van der Waals surface area contributed by atoms with Crippen LogP contribution in [-0.2, 0) is 4.79 Å². The first kappa shape index (κ1) is 7.26. The zero-order valence-electron chi connectivity index (χ0n) is 6.53. The first-order valence-electron chi connectivity index (χ1n) is 3.58. The van der Waals surface area contributed by atoms with E-state index >= 15 is 0 Å². The van der Waals surface area contributed by atoms with Crippen molar-refractivity contribution in [1.82, 2.24) is 0 Å². The topological polar surface area (TPSA) is 17.1 Å². The highest BCUT2D eigenvalue weighted by Gasteiger charge is 2.20. The first-order chi connectivity index (χ1) is 4.66. The lowest BCUT2D eigenvalue weighted by Crippen LogP contribution is -1.90. The predicted octanol–water partition coefficient (Wildman–Crippen LogP) is 2.24. The van der Waals surface area contributed by atoms with Gasteiger partial charge in [-0.2, -0.15) is 0 Å². The van der Waals surface area contributed by atoms with Crippen molar-refractivity contribution in [2.45, 2.75) is 26.7 Å². The van der Waals surface area contributed by atoms with Crippen molar-refractivity contribution in [1.29, 1.82) is 0 Å². The summed E-state index contributed by atoms with van der Waals surface area (Å²) in [4.78, 5) is 11.0. The molecule has 10 heavy (non-hydrogen) atoms. The van der Waals surface area contributed by atoms with Crippen molar-refractivity contribution < 1.29 is 4.79 Å². The maximum absolute atomic E-state index is 11.0. The fourth-order valence-electron chi connectivity index (χ4n) is 1.38. The molecule has 1 rings (SSSR count). The fourth-order valence-corrected chi connectivity index (χ4v) is 1.38. The van der Waals surface area contributed by atoms with Gasteiger partial charge in [0.15, 0.2) is 5.78 Å². The second kappa shape index (κ2) is 2.41. The third kappa shape index (κ3) is 0.919. The van der Waals surface area contributed by atoms with E-state index in [0.29, 0.717) is 6.42 Å². The molecule has 1 nitrogen and oxygen atoms in total. The molecule has 0 heterocycles. The van der Waals surface area contributed by atoms with Crippen molar-refractivity contribution in [3.63, 3.8) is 0 Å². The molecule has 0 aliphatic heterocycles. The molecule has 0 radical (unpaired) electrons. The number of hydrogen-bond acceptors (Lipinski definition) is 1. The summed E-state index contributed by atoms with van der Waals surface area (Å²) in [5.41, 5.74) is 3.11. The van der Waals surface area contributed by atoms with Crippen LogP contribution < -0.4 is 0 Å². The number of ketones is 1. The highest BCUT2D eigenvalue weighted by molar-refractivity contribution is 6.01. The minimum absolute atomic E-state index is 0.252. The van der Waals surface area contributed by atoms with Gasteiger partial charge in [-0.3, -0.25) is 4.79 Å². The smallest absolute Gasteiger partial charge is 0.163 e. The Bertz CT molecular complexity index is 221. The molecule has 0 fully saturated rings. The molecule has 0 aromatic rings. The molecule has 1 aliphatic carbocycles. The average Bonchev–Trinajstić information content (AvgIpc) is 2.09. The normalized spacial score (nSPS) is 19.0. The quantitative estimate of drug-likeness (QED) is 0.540. The monoisotopic (exact) mass is 136 g/mol. The van der Waals surface area contributed by atoms with Crippen molar-refractivity contribution in [3.8, 4) is 0 Å². The summed E-state index contributed by atoms with van der Waals surface area (Å²) in [7, 11) is 0. The minimum atomic E-state index is 0.252. The number of carbonyl (C=O) groups is 1. The number of carbonyl (C=O) groups excluding carboxylic acids is 1. The summed E-state index contributed by atoms with van der Waals surface area (Å²) < 4.78 is 0. The molecule has 0 amide bonds. The van der Waals surface area contributed by atoms with Gasteiger partial charge in [-0.1, -0.05) is 13.5 Å². The van der Waals surface area contributed by atoms with Gasteiger partial charge in [-0.15, -0.1) is 0 Å². The van der Waals surface area contributed by atoms with Gasteiger partial charge in [0.05, 0.1) is 0 Å². The lowest BCUT2D eigenvalue weighted by atomic mass is 10.1. The average molecular weight is 136 g/mol. The van der Waals surface area contributed by atoms with Crippen LogP contribution in [0, 0.1) is 0 Å². The molecule has 0 saturated heterocycles. The Hall–Kier alpha value is -0.850. The van der Waals surface area contributed by atoms with Gasteiger partial charge in [0.1, 0.15) is 0 Å². The van der Waals surface area contributed by atoms with Gasteiger partial charge in [0, 0.05) is 6.42 Å². The number of allylic oxidation sites excluding steroid dienone is 3. The maximum atomic E-state index is 11.0. The molecular formula is C9H12O. The van der Waals surface area contributed by atoms with E-state index in [1.807, 2.05) is 6.92 Å². The van der Waals surface area contributed by atoms with Crippen molar-refractivity contribution >= 4 is 5.78 Å². The molecule has 0 saturated carbocycles. The molecule has 1 aliphatic rings. The third-order valence-corrected chi connectivity index (χ3v) is 2.03. The van der Waals surface area contributed by atoms with E-state index in [-0.39, 0.29) is 5.78 Å². The number of rotatable bonds is 1. The second-order valence-corrected chi connectivity index (χ2v) is 2.66. The summed E-state index contributed by atoms with van der Waals surface area (Å²) in [6, 6.07) is 0. The Labute approximate surface area is 61.4 Å². The number of Topliss-reactive ketones (excluding diaryl/α,β-unsaturated/α-hetero) is 1. The summed E-state index contributed by atoms with van der Waals surface area (Å²) in [5.74, 6) is 0.252. The van der Waals surface area contributed by atoms with E-state index in [0.717, 1.165) is 17.6 Å². The second-order valence-electron chi connectivity index (χ2n) is 2.66. The van der Waals surface area contributed by atoms with E-state index in [2.05, 4.69) is 13.5 Å². The molecule has 0 aromatic heterocycles. The van der Waals surface area contributed by atoms with Gasteiger partial charge in [-0.05, 0) is 30.1 Å². The van der Waals surface area contributed by atoms with E-state index in [1.165, 1.54) is 5.57 Å². The van der Waals surface area contributed by atoms with Gasteiger partial charge in [0.25, 0.3) is 0 Å². The van der Waals surface area contributed by atoms with Crippen LogP contribution in [0.15, 0.2) is 23.3 Å². The fraction of sp³-hybridized carbons (Fsp3) is 0.444. The minimum Gasteiger partial charge on any atom is -0.294 e. The molecule has 1 heteroatoms. The van der Waals surface area contributed by atoms with E-state index in [9.17, 15) is 4.79 Å². The lowest BCUT2D eigenvalue weighted by Gasteiger charge is -1.97. The van der Waals surface area contributed by atoms with Crippen LogP contribution in [0.25, 0.3) is 0 Å². The predicted molar refractivity (Wildman–Crippen MR) is 41.8 cm³/mol.